The fourth-order valence-electron chi connectivity index (χ4n) is 5.06. The van der Waals surface area contributed by atoms with Crippen LogP contribution in [0.1, 0.15) is 53.4 Å². The first-order valence-corrected chi connectivity index (χ1v) is 18.8. The average Bonchev–Trinajstić information content (AvgIpc) is 3.11. The SMILES string of the molecule is CCC1=CC=C[C]1(CC)[Zr+2]([SiH](C)C)[C]1(CC)C=CC=C1CC.[Br-].[Br-]. The summed E-state index contributed by atoms with van der Waals surface area (Å²) in [5, 5.41) is 0. The van der Waals surface area contributed by atoms with Gasteiger partial charge in [-0.25, -0.2) is 0 Å². The van der Waals surface area contributed by atoms with Gasteiger partial charge >= 0.3 is 147 Å². The van der Waals surface area contributed by atoms with Crippen LogP contribution in [-0.4, -0.2) is 5.92 Å². The maximum Gasteiger partial charge on any atom is -1.00 e. The van der Waals surface area contributed by atoms with E-state index in [4.69, 9.17) is 0 Å². The smallest absolute Gasteiger partial charge is 1.00 e. The Kier molecular flexibility index (Phi) is 10.8. The van der Waals surface area contributed by atoms with Gasteiger partial charge < -0.3 is 34.0 Å². The molecule has 0 bridgehead atoms. The first-order chi connectivity index (χ1) is 10.5. The molecule has 4 heteroatoms. The second-order valence-electron chi connectivity index (χ2n) is 7.03. The fraction of sp³-hybridized carbons (Fsp3) is 0.600. The molecule has 0 aliphatic heterocycles. The maximum absolute atomic E-state index is 2.66. The zero-order chi connectivity index (χ0) is 16.4. The van der Waals surface area contributed by atoms with Crippen LogP contribution < -0.4 is 34.0 Å². The molecular formula is C20H33Br2SiZr. The number of allylic oxidation sites excluding steroid dienone is 8. The largest absolute Gasteiger partial charge is 1.00 e. The van der Waals surface area contributed by atoms with E-state index in [1.807, 2.05) is 0 Å². The van der Waals surface area contributed by atoms with E-state index in [0.29, 0.717) is 6.25 Å². The molecule has 0 aromatic heterocycles. The molecule has 0 aromatic carbocycles. The molecular weight excluding hydrogens is 519 g/mol. The first kappa shape index (κ1) is 25.0. The molecule has 2 aliphatic rings. The summed E-state index contributed by atoms with van der Waals surface area (Å²) in [4.78, 5) is 0. The van der Waals surface area contributed by atoms with E-state index in [1.54, 1.807) is 11.1 Å². The first-order valence-electron chi connectivity index (χ1n) is 9.17. The summed E-state index contributed by atoms with van der Waals surface area (Å²) in [5.74, 6) is -0.654. The standard InChI is InChI=1S/2C9H13.C2H7Si.2BrH.Zr/c2*1-3-8-6-5-7-9(8)4-2;1-3-2;;;/h2*5-7H,3-4H2,1-2H3;3H,1-2H3;2*1H;/q;;;;;+2/p-2. The van der Waals surface area contributed by atoms with E-state index in [9.17, 15) is 0 Å². The van der Waals surface area contributed by atoms with Crippen LogP contribution in [0.25, 0.3) is 0 Å². The Hall–Kier alpha value is 1.02. The van der Waals surface area contributed by atoms with E-state index in [2.05, 4.69) is 77.2 Å². The Bertz CT molecular complexity index is 492. The van der Waals surface area contributed by atoms with Crippen LogP contribution in [0.2, 0.25) is 19.3 Å². The van der Waals surface area contributed by atoms with Gasteiger partial charge in [0.1, 0.15) is 0 Å². The summed E-state index contributed by atoms with van der Waals surface area (Å²) < 4.78 is 0.993. The molecule has 0 radical (unpaired) electrons. The van der Waals surface area contributed by atoms with Crippen LogP contribution in [0.15, 0.2) is 47.6 Å². The Morgan fingerprint density at radius 3 is 1.42 bits per heavy atom. The minimum absolute atomic E-state index is 0. The van der Waals surface area contributed by atoms with Crippen molar-refractivity contribution in [2.75, 3.05) is 0 Å². The van der Waals surface area contributed by atoms with Gasteiger partial charge in [-0.1, -0.05) is 0 Å². The van der Waals surface area contributed by atoms with Gasteiger partial charge in [-0.15, -0.1) is 0 Å². The van der Waals surface area contributed by atoms with Gasteiger partial charge in [0.2, 0.25) is 0 Å². The number of hydrogen-bond donors (Lipinski definition) is 0. The van der Waals surface area contributed by atoms with Gasteiger partial charge in [0, 0.05) is 0 Å². The Morgan fingerprint density at radius 2 is 1.17 bits per heavy atom. The summed E-state index contributed by atoms with van der Waals surface area (Å²) in [6, 6.07) is 0. The predicted molar refractivity (Wildman–Crippen MR) is 99.9 cm³/mol. The predicted octanol–water partition coefficient (Wildman–Crippen LogP) is 0.546. The van der Waals surface area contributed by atoms with Crippen molar-refractivity contribution in [2.45, 2.75) is 72.7 Å². The van der Waals surface area contributed by atoms with Crippen molar-refractivity contribution >= 4 is 5.92 Å². The molecule has 0 aromatic rings. The van der Waals surface area contributed by atoms with Gasteiger partial charge in [-0.3, -0.25) is 0 Å². The van der Waals surface area contributed by atoms with Crippen LogP contribution in [0, 0.1) is 0 Å². The molecule has 24 heavy (non-hydrogen) atoms. The third-order valence-corrected chi connectivity index (χ3v) is 30.5. The van der Waals surface area contributed by atoms with Gasteiger partial charge in [0.05, 0.1) is 0 Å². The molecule has 2 aliphatic carbocycles. The van der Waals surface area contributed by atoms with Gasteiger partial charge in [0.15, 0.2) is 0 Å². The third kappa shape index (κ3) is 3.97. The van der Waals surface area contributed by atoms with Crippen molar-refractivity contribution < 1.29 is 54.9 Å². The van der Waals surface area contributed by atoms with E-state index in [-0.39, 0.29) is 34.0 Å². The van der Waals surface area contributed by atoms with E-state index >= 15 is 0 Å². The van der Waals surface area contributed by atoms with Gasteiger partial charge in [-0.05, 0) is 0 Å². The quantitative estimate of drug-likeness (QED) is 0.405. The van der Waals surface area contributed by atoms with Crippen molar-refractivity contribution in [3.05, 3.63) is 47.6 Å². The number of halogens is 2. The zero-order valence-electron chi connectivity index (χ0n) is 16.1. The van der Waals surface area contributed by atoms with Gasteiger partial charge in [0.25, 0.3) is 0 Å². The van der Waals surface area contributed by atoms with Crippen LogP contribution in [-0.2, 0) is 20.9 Å². The topological polar surface area (TPSA) is 0 Å². The molecule has 135 valence electrons. The number of rotatable bonds is 7. The van der Waals surface area contributed by atoms with E-state index in [1.165, 1.54) is 25.7 Å². The minimum atomic E-state index is -1.75. The molecule has 2 rings (SSSR count). The summed E-state index contributed by atoms with van der Waals surface area (Å²) in [6.45, 7) is 14.9. The van der Waals surface area contributed by atoms with E-state index in [0.717, 1.165) is 0 Å². The van der Waals surface area contributed by atoms with E-state index < -0.39 is 26.8 Å². The van der Waals surface area contributed by atoms with Crippen LogP contribution in [0.4, 0.5) is 0 Å². The third-order valence-electron chi connectivity index (χ3n) is 5.92. The van der Waals surface area contributed by atoms with Crippen LogP contribution in [0.3, 0.4) is 0 Å². The molecule has 0 N–H and O–H groups in total. The fourth-order valence-corrected chi connectivity index (χ4v) is 36.2. The molecule has 2 unspecified atom stereocenters. The molecule has 0 heterocycles. The molecule has 0 spiro atoms. The zero-order valence-corrected chi connectivity index (χ0v) is 22.9. The second-order valence-corrected chi connectivity index (χ2v) is 27.7. The molecule has 2 atom stereocenters. The van der Waals surface area contributed by atoms with Crippen molar-refractivity contribution in [3.8, 4) is 0 Å². The van der Waals surface area contributed by atoms with Crippen LogP contribution >= 0.6 is 0 Å². The molecule has 0 amide bonds. The minimum Gasteiger partial charge on any atom is -1.00 e. The monoisotopic (exact) mass is 549 g/mol. The second kappa shape index (κ2) is 10.4. The summed E-state index contributed by atoms with van der Waals surface area (Å²) in [6.07, 6.45) is 20.1. The Labute approximate surface area is 179 Å². The Balaban J connectivity index is 0.00000264. The van der Waals surface area contributed by atoms with Crippen molar-refractivity contribution in [2.24, 2.45) is 0 Å². The molecule has 0 nitrogen and oxygen atoms in total. The van der Waals surface area contributed by atoms with Crippen molar-refractivity contribution in [1.29, 1.82) is 0 Å². The van der Waals surface area contributed by atoms with Gasteiger partial charge in [-0.2, -0.15) is 0 Å². The summed E-state index contributed by atoms with van der Waals surface area (Å²) in [5.41, 5.74) is 3.52. The molecule has 0 saturated carbocycles. The summed E-state index contributed by atoms with van der Waals surface area (Å²) >= 11 is -1.75. The Morgan fingerprint density at radius 1 is 0.792 bits per heavy atom. The maximum atomic E-state index is 2.66. The van der Waals surface area contributed by atoms with Crippen molar-refractivity contribution in [3.63, 3.8) is 0 Å². The molecule has 0 fully saturated rings. The van der Waals surface area contributed by atoms with Crippen LogP contribution in [0.5, 0.6) is 0 Å². The molecule has 0 saturated heterocycles. The average molecular weight is 553 g/mol. The summed E-state index contributed by atoms with van der Waals surface area (Å²) in [7, 11) is 0. The number of hydrogen-bond acceptors (Lipinski definition) is 0. The normalized spacial score (nSPS) is 27.6. The van der Waals surface area contributed by atoms with Crippen molar-refractivity contribution in [1.82, 2.24) is 0 Å².